The molecule has 2 heterocycles. The minimum Gasteiger partial charge on any atom is -0.461 e. The molecule has 0 saturated heterocycles. The second-order valence-corrected chi connectivity index (χ2v) is 10.9. The van der Waals surface area contributed by atoms with Gasteiger partial charge in [-0.05, 0) is 69.1 Å². The molecule has 2 aromatic rings. The van der Waals surface area contributed by atoms with Crippen molar-refractivity contribution in [3.63, 3.8) is 0 Å². The molecule has 3 N–H and O–H groups in total. The van der Waals surface area contributed by atoms with Crippen LogP contribution in [0.3, 0.4) is 0 Å². The van der Waals surface area contributed by atoms with Gasteiger partial charge in [-0.3, -0.25) is 9.59 Å². The van der Waals surface area contributed by atoms with E-state index in [1.54, 1.807) is 11.1 Å². The van der Waals surface area contributed by atoms with E-state index in [-0.39, 0.29) is 24.0 Å². The van der Waals surface area contributed by atoms with E-state index >= 15 is 0 Å². The Morgan fingerprint density at radius 3 is 2.54 bits per heavy atom. The summed E-state index contributed by atoms with van der Waals surface area (Å²) in [5, 5.41) is 3.32. The van der Waals surface area contributed by atoms with Crippen LogP contribution in [-0.4, -0.2) is 53.1 Å². The van der Waals surface area contributed by atoms with Gasteiger partial charge in [0, 0.05) is 18.8 Å². The molecule has 2 saturated carbocycles. The largest absolute Gasteiger partial charge is 0.461 e. The van der Waals surface area contributed by atoms with E-state index < -0.39 is 6.04 Å². The molecule has 208 valence electrons. The topological polar surface area (TPSA) is 114 Å². The quantitative estimate of drug-likeness (QED) is 0.437. The molecule has 39 heavy (non-hydrogen) atoms. The summed E-state index contributed by atoms with van der Waals surface area (Å²) in [6.45, 7) is 2.06. The third kappa shape index (κ3) is 6.08. The number of rotatable bonds is 9. The second kappa shape index (κ2) is 12.2. The first kappa shape index (κ1) is 27.1. The molecule has 9 heteroatoms. The summed E-state index contributed by atoms with van der Waals surface area (Å²) in [7, 11) is 1.81. The number of amides is 1. The van der Waals surface area contributed by atoms with E-state index in [0.717, 1.165) is 67.7 Å². The Balaban J connectivity index is 1.23. The Bertz CT molecular complexity index is 1190. The van der Waals surface area contributed by atoms with Gasteiger partial charge >= 0.3 is 5.97 Å². The highest BCUT2D eigenvalue weighted by Gasteiger charge is 2.41. The zero-order valence-corrected chi connectivity index (χ0v) is 23.0. The summed E-state index contributed by atoms with van der Waals surface area (Å²) in [5.74, 6) is 1.13. The molecule has 0 bridgehead atoms. The van der Waals surface area contributed by atoms with Crippen LogP contribution in [0.2, 0.25) is 0 Å². The summed E-state index contributed by atoms with van der Waals surface area (Å²) in [5.41, 5.74) is 8.65. The fraction of sp³-hybridized carbons (Fsp3) is 0.533. The van der Waals surface area contributed by atoms with Crippen molar-refractivity contribution in [3.8, 4) is 0 Å². The van der Waals surface area contributed by atoms with Crippen molar-refractivity contribution >= 4 is 41.1 Å². The Labute approximate surface area is 230 Å². The van der Waals surface area contributed by atoms with Gasteiger partial charge < -0.3 is 25.6 Å². The highest BCUT2D eigenvalue weighted by molar-refractivity contribution is 6.04. The monoisotopic (exact) mass is 532 g/mol. The van der Waals surface area contributed by atoms with E-state index in [1.807, 2.05) is 43.5 Å². The molecule has 1 amide bonds. The van der Waals surface area contributed by atoms with Gasteiger partial charge in [-0.15, -0.1) is 0 Å². The standard InChI is InChI=1S/C30H40N6O3/c1-3-25-28(37)35(2)26-19-32-30(34-27(26)36(25)22-10-4-5-11-22)33-21-17-15-20(16-18-21)9-8-14-24(31)29(38)39-23-12-6-7-13-23/h8-9,15-19,22-25H,3-7,10-14,31H2,1-2H3,(H,32,33,34)/t24-,25+/m0/s1. The number of carbonyl (C=O) groups is 2. The average Bonchev–Trinajstić information content (AvgIpc) is 3.66. The zero-order chi connectivity index (χ0) is 27.4. The molecular formula is C30H40N6O3. The summed E-state index contributed by atoms with van der Waals surface area (Å²) < 4.78 is 5.50. The van der Waals surface area contributed by atoms with Gasteiger partial charge in [-0.25, -0.2) is 4.98 Å². The fourth-order valence-electron chi connectivity index (χ4n) is 5.95. The molecule has 3 aliphatic rings. The molecule has 0 unspecified atom stereocenters. The number of ether oxygens (including phenoxy) is 1. The van der Waals surface area contributed by atoms with Gasteiger partial charge in [0.1, 0.15) is 23.9 Å². The highest BCUT2D eigenvalue weighted by Crippen LogP contribution is 2.40. The lowest BCUT2D eigenvalue weighted by Crippen LogP contribution is -2.55. The number of nitrogens with zero attached hydrogens (tertiary/aromatic N) is 4. The minimum atomic E-state index is -0.644. The van der Waals surface area contributed by atoms with Gasteiger partial charge in [0.15, 0.2) is 5.82 Å². The first-order valence-electron chi connectivity index (χ1n) is 14.4. The predicted octanol–water partition coefficient (Wildman–Crippen LogP) is 4.94. The smallest absolute Gasteiger partial charge is 0.323 e. The lowest BCUT2D eigenvalue weighted by Gasteiger charge is -2.43. The molecule has 2 atom stereocenters. The molecule has 1 aromatic carbocycles. The van der Waals surface area contributed by atoms with Crippen LogP contribution in [-0.2, 0) is 14.3 Å². The number of likely N-dealkylation sites (N-methyl/N-ethyl adjacent to an activating group) is 1. The lowest BCUT2D eigenvalue weighted by molar-refractivity contribution is -0.150. The number of carbonyl (C=O) groups excluding carboxylic acids is 2. The molecular weight excluding hydrogens is 492 g/mol. The van der Waals surface area contributed by atoms with Crippen LogP contribution in [0, 0.1) is 0 Å². The second-order valence-electron chi connectivity index (χ2n) is 10.9. The number of esters is 1. The maximum atomic E-state index is 13.1. The number of nitrogens with two attached hydrogens (primary N) is 1. The molecule has 1 aliphatic heterocycles. The van der Waals surface area contributed by atoms with Crippen molar-refractivity contribution in [1.29, 1.82) is 0 Å². The molecule has 0 spiro atoms. The number of aromatic nitrogens is 2. The van der Waals surface area contributed by atoms with E-state index in [4.69, 9.17) is 15.5 Å². The molecule has 2 fully saturated rings. The first-order chi connectivity index (χ1) is 18.9. The molecule has 1 aromatic heterocycles. The first-order valence-corrected chi connectivity index (χ1v) is 14.4. The van der Waals surface area contributed by atoms with E-state index in [0.29, 0.717) is 18.4 Å². The molecule has 0 radical (unpaired) electrons. The Kier molecular flexibility index (Phi) is 8.45. The fourth-order valence-corrected chi connectivity index (χ4v) is 5.95. The Morgan fingerprint density at radius 1 is 1.15 bits per heavy atom. The Morgan fingerprint density at radius 2 is 1.85 bits per heavy atom. The van der Waals surface area contributed by atoms with Crippen LogP contribution in [0.15, 0.2) is 36.5 Å². The molecule has 2 aliphatic carbocycles. The predicted molar refractivity (Wildman–Crippen MR) is 154 cm³/mol. The summed E-state index contributed by atoms with van der Waals surface area (Å²) in [6, 6.07) is 7.41. The summed E-state index contributed by atoms with van der Waals surface area (Å²) in [6.07, 6.45) is 15.5. The normalized spacial score (nSPS) is 21.0. The third-order valence-corrected chi connectivity index (χ3v) is 8.17. The van der Waals surface area contributed by atoms with Gasteiger partial charge in [0.05, 0.1) is 6.20 Å². The number of fused-ring (bicyclic) bond motifs is 1. The van der Waals surface area contributed by atoms with Crippen LogP contribution in [0.5, 0.6) is 0 Å². The van der Waals surface area contributed by atoms with Gasteiger partial charge in [0.25, 0.3) is 0 Å². The highest BCUT2D eigenvalue weighted by atomic mass is 16.5. The van der Waals surface area contributed by atoms with Gasteiger partial charge in [-0.1, -0.05) is 44.1 Å². The SMILES string of the molecule is CC[C@@H]1C(=O)N(C)c2cnc(Nc3ccc(C=CC[C@H](N)C(=O)OC4CCCC4)cc3)nc2N1C1CCCC1. The van der Waals surface area contributed by atoms with Crippen LogP contribution in [0.25, 0.3) is 6.08 Å². The van der Waals surface area contributed by atoms with Crippen molar-refractivity contribution in [2.24, 2.45) is 5.73 Å². The zero-order valence-electron chi connectivity index (χ0n) is 23.0. The number of anilines is 4. The van der Waals surface area contributed by atoms with Crippen molar-refractivity contribution in [2.75, 3.05) is 22.2 Å². The maximum absolute atomic E-state index is 13.1. The molecule has 5 rings (SSSR count). The van der Waals surface area contributed by atoms with E-state index in [9.17, 15) is 9.59 Å². The number of hydrogen-bond acceptors (Lipinski definition) is 8. The van der Waals surface area contributed by atoms with Crippen LogP contribution in [0.4, 0.5) is 23.1 Å². The van der Waals surface area contributed by atoms with Crippen molar-refractivity contribution < 1.29 is 14.3 Å². The van der Waals surface area contributed by atoms with Crippen molar-refractivity contribution in [2.45, 2.75) is 95.4 Å². The Hall–Kier alpha value is -3.46. The van der Waals surface area contributed by atoms with Crippen LogP contribution >= 0.6 is 0 Å². The third-order valence-electron chi connectivity index (χ3n) is 8.17. The number of nitrogens with one attached hydrogen (secondary N) is 1. The number of hydrogen-bond donors (Lipinski definition) is 2. The van der Waals surface area contributed by atoms with Crippen molar-refractivity contribution in [3.05, 3.63) is 42.1 Å². The average molecular weight is 533 g/mol. The minimum absolute atomic E-state index is 0.0360. The summed E-state index contributed by atoms with van der Waals surface area (Å²) in [4.78, 5) is 38.6. The number of benzene rings is 1. The van der Waals surface area contributed by atoms with Gasteiger partial charge in [-0.2, -0.15) is 4.98 Å². The molecule has 9 nitrogen and oxygen atoms in total. The van der Waals surface area contributed by atoms with E-state index in [1.165, 1.54) is 12.8 Å². The van der Waals surface area contributed by atoms with Crippen molar-refractivity contribution in [1.82, 2.24) is 9.97 Å². The maximum Gasteiger partial charge on any atom is 0.323 e. The van der Waals surface area contributed by atoms with Crippen LogP contribution in [0.1, 0.15) is 76.7 Å². The van der Waals surface area contributed by atoms with E-state index in [2.05, 4.69) is 22.1 Å². The van der Waals surface area contributed by atoms with Crippen LogP contribution < -0.4 is 20.9 Å². The lowest BCUT2D eigenvalue weighted by atomic mass is 10.0. The summed E-state index contributed by atoms with van der Waals surface area (Å²) >= 11 is 0. The van der Waals surface area contributed by atoms with Gasteiger partial charge in [0.2, 0.25) is 11.9 Å².